The third kappa shape index (κ3) is 2.20. The molecule has 2 nitrogen and oxygen atoms in total. The van der Waals surface area contributed by atoms with Crippen molar-refractivity contribution in [2.45, 2.75) is 26.7 Å². The Hall–Kier alpha value is -0.990. The lowest BCUT2D eigenvalue weighted by Crippen LogP contribution is -2.02. The first-order valence-corrected chi connectivity index (χ1v) is 6.33. The molecule has 2 rings (SSSR count). The summed E-state index contributed by atoms with van der Waals surface area (Å²) in [4.78, 5) is 0. The zero-order valence-electron chi connectivity index (χ0n) is 10.1. The fourth-order valence-corrected chi connectivity index (χ4v) is 2.11. The van der Waals surface area contributed by atoms with Gasteiger partial charge in [0.25, 0.3) is 0 Å². The summed E-state index contributed by atoms with van der Waals surface area (Å²) in [5.74, 6) is 0.500. The van der Waals surface area contributed by atoms with Crippen LogP contribution in [0.4, 0.5) is 0 Å². The zero-order chi connectivity index (χ0) is 12.6. The molecule has 1 heterocycles. The lowest BCUT2D eigenvalue weighted by atomic mass is 10.1. The summed E-state index contributed by atoms with van der Waals surface area (Å²) in [5.41, 5.74) is 5.08. The molecule has 0 unspecified atom stereocenters. The van der Waals surface area contributed by atoms with Crippen molar-refractivity contribution in [2.75, 3.05) is 0 Å². The minimum atomic E-state index is 0.500. The Labute approximate surface area is 111 Å². The van der Waals surface area contributed by atoms with E-state index in [0.717, 1.165) is 33.2 Å². The largest absolute Gasteiger partial charge is 0.236 e. The second-order valence-electron chi connectivity index (χ2n) is 4.15. The van der Waals surface area contributed by atoms with Crippen molar-refractivity contribution in [1.82, 2.24) is 9.78 Å². The fraction of sp³-hybridized carbons (Fsp3) is 0.308. The van der Waals surface area contributed by atoms with Gasteiger partial charge in [0.15, 0.2) is 0 Å². The molecule has 0 aliphatic rings. The summed E-state index contributed by atoms with van der Waals surface area (Å²) in [6, 6.07) is 6.13. The molecule has 0 saturated carbocycles. The number of aromatic nitrogens is 2. The van der Waals surface area contributed by atoms with E-state index >= 15 is 0 Å². The average Bonchev–Trinajstić information content (AvgIpc) is 2.58. The quantitative estimate of drug-likeness (QED) is 0.747. The Morgan fingerprint density at radius 2 is 1.94 bits per heavy atom. The molecule has 17 heavy (non-hydrogen) atoms. The van der Waals surface area contributed by atoms with E-state index in [2.05, 4.69) is 24.2 Å². The second kappa shape index (κ2) is 4.71. The third-order valence-corrected chi connectivity index (χ3v) is 3.71. The first-order chi connectivity index (χ1) is 8.04. The van der Waals surface area contributed by atoms with Crippen LogP contribution in [0.3, 0.4) is 0 Å². The van der Waals surface area contributed by atoms with Gasteiger partial charge in [-0.1, -0.05) is 23.7 Å². The molecule has 2 aromatic rings. The van der Waals surface area contributed by atoms with Gasteiger partial charge in [-0.3, -0.25) is 0 Å². The Balaban J connectivity index is 2.63. The van der Waals surface area contributed by atoms with Crippen LogP contribution in [-0.4, -0.2) is 9.78 Å². The SMILES string of the molecule is Cc1ccc(CCl)cc1-n1nc(C)c(Cl)c1C. The van der Waals surface area contributed by atoms with Gasteiger partial charge in [0.2, 0.25) is 0 Å². The van der Waals surface area contributed by atoms with Crippen molar-refractivity contribution >= 4 is 23.2 Å². The average molecular weight is 269 g/mol. The standard InChI is InChI=1S/C13H14Cl2N2/c1-8-4-5-11(7-14)6-12(8)17-10(3)13(15)9(2)16-17/h4-6H,7H2,1-3H3. The molecule has 1 aromatic carbocycles. The highest BCUT2D eigenvalue weighted by molar-refractivity contribution is 6.31. The van der Waals surface area contributed by atoms with Gasteiger partial charge in [0, 0.05) is 5.88 Å². The normalized spacial score (nSPS) is 10.9. The monoisotopic (exact) mass is 268 g/mol. The molecular weight excluding hydrogens is 255 g/mol. The molecule has 0 N–H and O–H groups in total. The molecule has 0 fully saturated rings. The first kappa shape index (κ1) is 12.5. The number of halogens is 2. The highest BCUT2D eigenvalue weighted by atomic mass is 35.5. The van der Waals surface area contributed by atoms with Crippen molar-refractivity contribution < 1.29 is 0 Å². The van der Waals surface area contributed by atoms with Crippen molar-refractivity contribution in [3.63, 3.8) is 0 Å². The van der Waals surface area contributed by atoms with Crippen molar-refractivity contribution in [3.8, 4) is 5.69 Å². The predicted octanol–water partition coefficient (Wildman–Crippen LogP) is 4.19. The van der Waals surface area contributed by atoms with E-state index in [1.807, 2.05) is 24.6 Å². The van der Waals surface area contributed by atoms with Crippen LogP contribution in [0.25, 0.3) is 5.69 Å². The van der Waals surface area contributed by atoms with Gasteiger partial charge in [-0.25, -0.2) is 4.68 Å². The van der Waals surface area contributed by atoms with Gasteiger partial charge in [-0.15, -0.1) is 11.6 Å². The van der Waals surface area contributed by atoms with Crippen molar-refractivity contribution in [3.05, 3.63) is 45.7 Å². The maximum Gasteiger partial charge on any atom is 0.0848 e. The molecular formula is C13H14Cl2N2. The van der Waals surface area contributed by atoms with Crippen LogP contribution in [0.2, 0.25) is 5.02 Å². The van der Waals surface area contributed by atoms with Crippen LogP contribution >= 0.6 is 23.2 Å². The topological polar surface area (TPSA) is 17.8 Å². The summed E-state index contributed by atoms with van der Waals surface area (Å²) >= 11 is 12.0. The number of aryl methyl sites for hydroxylation is 2. The second-order valence-corrected chi connectivity index (χ2v) is 4.80. The maximum absolute atomic E-state index is 6.16. The van der Waals surface area contributed by atoms with Gasteiger partial charge >= 0.3 is 0 Å². The highest BCUT2D eigenvalue weighted by Crippen LogP contribution is 2.25. The number of rotatable bonds is 2. The fourth-order valence-electron chi connectivity index (χ4n) is 1.82. The summed E-state index contributed by atoms with van der Waals surface area (Å²) in [6.45, 7) is 5.93. The zero-order valence-corrected chi connectivity index (χ0v) is 11.6. The molecule has 0 atom stereocenters. The molecule has 0 aliphatic carbocycles. The van der Waals surface area contributed by atoms with Gasteiger partial charge in [-0.05, 0) is 38.0 Å². The number of benzene rings is 1. The van der Waals surface area contributed by atoms with E-state index < -0.39 is 0 Å². The lowest BCUT2D eigenvalue weighted by Gasteiger charge is -2.09. The van der Waals surface area contributed by atoms with E-state index in [-0.39, 0.29) is 0 Å². The van der Waals surface area contributed by atoms with Crippen molar-refractivity contribution in [2.24, 2.45) is 0 Å². The van der Waals surface area contributed by atoms with E-state index in [1.54, 1.807) is 0 Å². The number of alkyl halides is 1. The Bertz CT molecular complexity index is 559. The molecule has 90 valence electrons. The summed E-state index contributed by atoms with van der Waals surface area (Å²) in [6.07, 6.45) is 0. The maximum atomic E-state index is 6.16. The van der Waals surface area contributed by atoms with Crippen LogP contribution in [0.5, 0.6) is 0 Å². The molecule has 0 radical (unpaired) electrons. The van der Waals surface area contributed by atoms with Crippen LogP contribution in [0, 0.1) is 20.8 Å². The number of hydrogen-bond donors (Lipinski definition) is 0. The third-order valence-electron chi connectivity index (χ3n) is 2.86. The summed E-state index contributed by atoms with van der Waals surface area (Å²) in [5, 5.41) is 5.18. The molecule has 1 aromatic heterocycles. The van der Waals surface area contributed by atoms with E-state index in [1.165, 1.54) is 0 Å². The van der Waals surface area contributed by atoms with Gasteiger partial charge in [0.1, 0.15) is 0 Å². The van der Waals surface area contributed by atoms with E-state index in [4.69, 9.17) is 23.2 Å². The lowest BCUT2D eigenvalue weighted by molar-refractivity contribution is 0.826. The molecule has 4 heteroatoms. The molecule has 0 aliphatic heterocycles. The van der Waals surface area contributed by atoms with Crippen LogP contribution in [0.1, 0.15) is 22.5 Å². The van der Waals surface area contributed by atoms with Gasteiger partial charge in [-0.2, -0.15) is 5.10 Å². The molecule has 0 amide bonds. The van der Waals surface area contributed by atoms with Crippen LogP contribution < -0.4 is 0 Å². The highest BCUT2D eigenvalue weighted by Gasteiger charge is 2.12. The van der Waals surface area contributed by atoms with E-state index in [0.29, 0.717) is 5.88 Å². The Kier molecular flexibility index (Phi) is 3.45. The van der Waals surface area contributed by atoms with Crippen LogP contribution in [-0.2, 0) is 5.88 Å². The molecule has 0 saturated heterocycles. The number of hydrogen-bond acceptors (Lipinski definition) is 1. The van der Waals surface area contributed by atoms with Crippen molar-refractivity contribution in [1.29, 1.82) is 0 Å². The predicted molar refractivity (Wildman–Crippen MR) is 72.3 cm³/mol. The van der Waals surface area contributed by atoms with E-state index in [9.17, 15) is 0 Å². The summed E-state index contributed by atoms with van der Waals surface area (Å²) < 4.78 is 1.88. The summed E-state index contributed by atoms with van der Waals surface area (Å²) in [7, 11) is 0. The molecule has 0 bridgehead atoms. The number of nitrogens with zero attached hydrogens (tertiary/aromatic N) is 2. The van der Waals surface area contributed by atoms with Gasteiger partial charge < -0.3 is 0 Å². The van der Waals surface area contributed by atoms with Crippen LogP contribution in [0.15, 0.2) is 18.2 Å². The minimum absolute atomic E-state index is 0.500. The Morgan fingerprint density at radius 1 is 1.24 bits per heavy atom. The molecule has 0 spiro atoms. The first-order valence-electron chi connectivity index (χ1n) is 5.42. The minimum Gasteiger partial charge on any atom is -0.236 e. The smallest absolute Gasteiger partial charge is 0.0848 e. The van der Waals surface area contributed by atoms with Gasteiger partial charge in [0.05, 0.1) is 22.1 Å². The Morgan fingerprint density at radius 3 is 2.47 bits per heavy atom.